The summed E-state index contributed by atoms with van der Waals surface area (Å²) in [6.07, 6.45) is 1.29. The quantitative estimate of drug-likeness (QED) is 0.188. The molecule has 0 bridgehead atoms. The lowest BCUT2D eigenvalue weighted by Gasteiger charge is -2.66. The number of carbonyl (C=O) groups excluding carboxylic acids is 3. The number of carbonyl (C=O) groups is 3. The number of hydrogen-bond donors (Lipinski definition) is 1. The van der Waals surface area contributed by atoms with Crippen LogP contribution in [0.2, 0.25) is 0 Å². The van der Waals surface area contributed by atoms with E-state index in [-0.39, 0.29) is 30.1 Å². The Bertz CT molecular complexity index is 1810. The number of halogens is 1. The Morgan fingerprint density at radius 1 is 1.04 bits per heavy atom. The molecule has 11 nitrogen and oxygen atoms in total. The zero-order valence-corrected chi connectivity index (χ0v) is 29.5. The van der Waals surface area contributed by atoms with E-state index in [9.17, 15) is 24.3 Å². The maximum absolute atomic E-state index is 13.8. The second-order valence-electron chi connectivity index (χ2n) is 13.7. The Morgan fingerprint density at radius 2 is 1.81 bits per heavy atom. The highest BCUT2D eigenvalue weighted by Crippen LogP contribution is 2.67. The summed E-state index contributed by atoms with van der Waals surface area (Å²) in [5.41, 5.74) is -2.95. The number of fused-ring (bicyclic) bond motifs is 4. The number of nitrogens with zero attached hydrogens (tertiary/aromatic N) is 1. The summed E-state index contributed by atoms with van der Waals surface area (Å²) in [5, 5.41) is 12.3. The third kappa shape index (κ3) is 5.80. The first-order valence-electron chi connectivity index (χ1n) is 15.9. The number of hydrogen-bond acceptors (Lipinski definition) is 11. The predicted octanol–water partition coefficient (Wildman–Crippen LogP) is 5.65. The minimum atomic E-state index is -1.38. The molecule has 254 valence electrons. The van der Waals surface area contributed by atoms with Crippen LogP contribution in [0.15, 0.2) is 64.1 Å². The Morgan fingerprint density at radius 3 is 2.48 bits per heavy atom. The number of aromatic nitrogens is 1. The molecule has 0 radical (unpaired) electrons. The van der Waals surface area contributed by atoms with Gasteiger partial charge in [-0.15, -0.1) is 0 Å². The number of pyridine rings is 1. The molecule has 12 heteroatoms. The van der Waals surface area contributed by atoms with Crippen LogP contribution in [0.5, 0.6) is 5.75 Å². The monoisotopic (exact) mass is 771 g/mol. The number of aliphatic hydroxyl groups excluding tert-OH is 1. The van der Waals surface area contributed by atoms with E-state index in [0.29, 0.717) is 24.0 Å². The molecule has 6 rings (SSSR count). The molecule has 3 unspecified atom stereocenters. The SMILES string of the molecule is CC(=O)OCC1(C)C2C[C@H](OC(=O)c3cccc(I)c3)[C@@]3(C)Oc4cc(-c5cccnc5)oc(=O)c4[C@H](O)C3[C@@]2(C)CC[C@@H]1OC(C)=O. The average Bonchev–Trinajstić information content (AvgIpc) is 3.02. The summed E-state index contributed by atoms with van der Waals surface area (Å²) < 4.78 is 31.1. The van der Waals surface area contributed by atoms with Crippen LogP contribution in [0.25, 0.3) is 11.3 Å². The van der Waals surface area contributed by atoms with Crippen LogP contribution >= 0.6 is 22.6 Å². The molecule has 1 N–H and O–H groups in total. The van der Waals surface area contributed by atoms with Crippen molar-refractivity contribution < 1.29 is 42.9 Å². The van der Waals surface area contributed by atoms with Gasteiger partial charge in [-0.3, -0.25) is 14.6 Å². The van der Waals surface area contributed by atoms with Crippen LogP contribution in [-0.2, 0) is 23.8 Å². The minimum absolute atomic E-state index is 0.0292. The molecule has 2 aromatic heterocycles. The van der Waals surface area contributed by atoms with Crippen LogP contribution in [0.4, 0.5) is 0 Å². The molecular weight excluding hydrogens is 733 g/mol. The smallest absolute Gasteiger partial charge is 0.345 e. The second-order valence-corrected chi connectivity index (χ2v) is 15.0. The van der Waals surface area contributed by atoms with Gasteiger partial charge in [-0.1, -0.05) is 19.9 Å². The standard InChI is InChI=1S/C36H38INO10/c1-19(39)44-18-35(4)26-16-28(47-32(42)21-8-6-10-23(37)14-21)36(5)31(34(26,3)12-11-27(35)45-20(2)40)30(41)29-25(48-36)15-24(46-33(29)43)22-9-7-13-38-17-22/h6-10,13-15,17,26-28,30-31,41H,11-12,16,18H2,1-5H3/t26?,27-,28-,30-,31?,34-,35?,36+/m0/s1. The number of ether oxygens (including phenoxy) is 4. The largest absolute Gasteiger partial charge is 0.482 e. The van der Waals surface area contributed by atoms with Crippen molar-refractivity contribution in [2.75, 3.05) is 6.61 Å². The van der Waals surface area contributed by atoms with Crippen molar-refractivity contribution in [1.29, 1.82) is 0 Å². The van der Waals surface area contributed by atoms with Crippen molar-refractivity contribution in [2.24, 2.45) is 22.7 Å². The highest BCUT2D eigenvalue weighted by molar-refractivity contribution is 14.1. The molecule has 8 atom stereocenters. The molecule has 3 aliphatic rings. The van der Waals surface area contributed by atoms with Crippen LogP contribution in [-0.4, -0.2) is 52.4 Å². The summed E-state index contributed by atoms with van der Waals surface area (Å²) in [7, 11) is 0. The van der Waals surface area contributed by atoms with E-state index in [1.54, 1.807) is 55.7 Å². The van der Waals surface area contributed by atoms with E-state index in [2.05, 4.69) is 27.6 Å². The molecule has 2 fully saturated rings. The highest BCUT2D eigenvalue weighted by atomic mass is 127. The van der Waals surface area contributed by atoms with Crippen molar-refractivity contribution in [3.05, 3.63) is 80.0 Å². The summed E-state index contributed by atoms with van der Waals surface area (Å²) in [6, 6.07) is 12.0. The number of esters is 3. The van der Waals surface area contributed by atoms with Crippen LogP contribution < -0.4 is 10.4 Å². The van der Waals surface area contributed by atoms with Crippen molar-refractivity contribution in [2.45, 2.75) is 77.8 Å². The van der Waals surface area contributed by atoms with Gasteiger partial charge in [0.25, 0.3) is 0 Å². The van der Waals surface area contributed by atoms with Crippen molar-refractivity contribution >= 4 is 40.5 Å². The molecule has 2 saturated carbocycles. The van der Waals surface area contributed by atoms with Gasteiger partial charge >= 0.3 is 23.5 Å². The first-order valence-corrected chi connectivity index (χ1v) is 17.0. The Balaban J connectivity index is 1.51. The predicted molar refractivity (Wildman–Crippen MR) is 180 cm³/mol. The van der Waals surface area contributed by atoms with Gasteiger partial charge in [0.2, 0.25) is 0 Å². The maximum Gasteiger partial charge on any atom is 0.345 e. The normalized spacial score (nSPS) is 32.0. The first kappa shape index (κ1) is 34.1. The molecule has 1 aromatic carbocycles. The number of benzene rings is 1. The highest BCUT2D eigenvalue weighted by Gasteiger charge is 2.71. The maximum atomic E-state index is 13.8. The van der Waals surface area contributed by atoms with Crippen molar-refractivity contribution in [3.8, 4) is 17.1 Å². The average molecular weight is 772 g/mol. The summed E-state index contributed by atoms with van der Waals surface area (Å²) in [5.74, 6) is -2.44. The lowest BCUT2D eigenvalue weighted by atomic mass is 9.42. The van der Waals surface area contributed by atoms with Crippen molar-refractivity contribution in [3.63, 3.8) is 0 Å². The summed E-state index contributed by atoms with van der Waals surface area (Å²) >= 11 is 2.12. The fraction of sp³-hybridized carbons (Fsp3) is 0.472. The molecule has 0 amide bonds. The Labute approximate surface area is 291 Å². The van der Waals surface area contributed by atoms with E-state index in [4.69, 9.17) is 23.4 Å². The topological polar surface area (TPSA) is 151 Å². The van der Waals surface area contributed by atoms with Gasteiger partial charge in [-0.2, -0.15) is 0 Å². The molecule has 2 aliphatic carbocycles. The zero-order valence-electron chi connectivity index (χ0n) is 27.4. The van der Waals surface area contributed by atoms with Gasteiger partial charge in [0, 0.05) is 52.8 Å². The van der Waals surface area contributed by atoms with E-state index in [0.717, 1.165) is 3.57 Å². The van der Waals surface area contributed by atoms with Crippen LogP contribution in [0.3, 0.4) is 0 Å². The molecule has 3 heterocycles. The minimum Gasteiger partial charge on any atom is -0.482 e. The van der Waals surface area contributed by atoms with Gasteiger partial charge in [0.1, 0.15) is 41.5 Å². The van der Waals surface area contributed by atoms with Crippen molar-refractivity contribution in [1.82, 2.24) is 4.98 Å². The molecule has 0 spiro atoms. The Hall–Kier alpha value is -3.78. The van der Waals surface area contributed by atoms with Gasteiger partial charge in [-0.05, 0) is 90.4 Å². The van der Waals surface area contributed by atoms with E-state index in [1.165, 1.54) is 13.8 Å². The molecule has 3 aromatic rings. The number of aliphatic hydroxyl groups is 1. The van der Waals surface area contributed by atoms with Gasteiger partial charge < -0.3 is 28.5 Å². The summed E-state index contributed by atoms with van der Waals surface area (Å²) in [4.78, 5) is 56.0. The molecule has 48 heavy (non-hydrogen) atoms. The fourth-order valence-electron chi connectivity index (χ4n) is 8.65. The van der Waals surface area contributed by atoms with Gasteiger partial charge in [0.15, 0.2) is 0 Å². The Kier molecular flexibility index (Phi) is 8.94. The lowest BCUT2D eigenvalue weighted by molar-refractivity contribution is -0.266. The third-order valence-corrected chi connectivity index (χ3v) is 11.4. The second kappa shape index (κ2) is 12.6. The first-order chi connectivity index (χ1) is 22.7. The molecule has 0 saturated heterocycles. The van der Waals surface area contributed by atoms with Gasteiger partial charge in [-0.25, -0.2) is 9.59 Å². The van der Waals surface area contributed by atoms with E-state index >= 15 is 0 Å². The molecule has 1 aliphatic heterocycles. The fourth-order valence-corrected chi connectivity index (χ4v) is 9.19. The van der Waals surface area contributed by atoms with E-state index < -0.39 is 70.1 Å². The lowest BCUT2D eigenvalue weighted by Crippen LogP contribution is -2.71. The zero-order chi connectivity index (χ0) is 34.6. The molecular formula is C36H38INO10. The number of rotatable bonds is 6. The third-order valence-electron chi connectivity index (χ3n) is 10.7. The summed E-state index contributed by atoms with van der Waals surface area (Å²) in [6.45, 7) is 8.27. The van der Waals surface area contributed by atoms with Crippen LogP contribution in [0, 0.1) is 26.2 Å². The van der Waals surface area contributed by atoms with E-state index in [1.807, 2.05) is 19.9 Å². The van der Waals surface area contributed by atoms with Gasteiger partial charge in [0.05, 0.1) is 11.7 Å². The van der Waals surface area contributed by atoms with Crippen LogP contribution in [0.1, 0.15) is 75.9 Å².